The summed E-state index contributed by atoms with van der Waals surface area (Å²) in [7, 11) is 1.72. The molecule has 0 radical (unpaired) electrons. The molecule has 0 spiro atoms. The Bertz CT molecular complexity index is 1400. The number of ketones is 1. The maximum atomic E-state index is 13.1. The Hall–Kier alpha value is -3.88. The number of nitrogens with zero attached hydrogens (tertiary/aromatic N) is 5. The minimum atomic E-state index is -0.281. The van der Waals surface area contributed by atoms with Crippen molar-refractivity contribution in [3.63, 3.8) is 0 Å². The van der Waals surface area contributed by atoms with Gasteiger partial charge >= 0.3 is 0 Å². The van der Waals surface area contributed by atoms with E-state index in [4.69, 9.17) is 9.47 Å². The van der Waals surface area contributed by atoms with Gasteiger partial charge in [-0.25, -0.2) is 4.98 Å². The molecule has 164 valence electrons. The van der Waals surface area contributed by atoms with E-state index in [0.29, 0.717) is 29.7 Å². The topological polar surface area (TPSA) is 93.2 Å². The fourth-order valence-electron chi connectivity index (χ4n) is 4.14. The average molecular weight is 433 g/mol. The number of carbonyl (C=O) groups is 1. The molecule has 9 nitrogen and oxygen atoms in total. The number of fused-ring (bicyclic) bond motifs is 2. The molecule has 1 unspecified atom stereocenters. The molecule has 3 aromatic heterocycles. The molecule has 0 N–H and O–H groups in total. The highest BCUT2D eigenvalue weighted by molar-refractivity contribution is 5.97. The van der Waals surface area contributed by atoms with E-state index < -0.39 is 0 Å². The van der Waals surface area contributed by atoms with E-state index in [0.717, 1.165) is 22.9 Å². The van der Waals surface area contributed by atoms with Crippen LogP contribution in [0, 0.1) is 13.8 Å². The molecule has 0 saturated carbocycles. The van der Waals surface area contributed by atoms with Gasteiger partial charge in [-0.05, 0) is 32.0 Å². The van der Waals surface area contributed by atoms with E-state index >= 15 is 0 Å². The van der Waals surface area contributed by atoms with Crippen LogP contribution in [-0.2, 0) is 20.1 Å². The summed E-state index contributed by atoms with van der Waals surface area (Å²) in [6, 6.07) is 9.45. The first-order valence-electron chi connectivity index (χ1n) is 10.4. The Balaban J connectivity index is 1.36. The Kier molecular flexibility index (Phi) is 4.80. The van der Waals surface area contributed by atoms with Crippen LogP contribution in [0.4, 0.5) is 0 Å². The van der Waals surface area contributed by atoms with Crippen molar-refractivity contribution in [3.05, 3.63) is 70.2 Å². The van der Waals surface area contributed by atoms with E-state index in [2.05, 4.69) is 14.6 Å². The number of aryl methyl sites for hydroxylation is 2. The van der Waals surface area contributed by atoms with Gasteiger partial charge in [-0.3, -0.25) is 18.8 Å². The summed E-state index contributed by atoms with van der Waals surface area (Å²) in [4.78, 5) is 30.0. The fourth-order valence-corrected chi connectivity index (χ4v) is 4.14. The predicted octanol–water partition coefficient (Wildman–Crippen LogP) is 2.27. The van der Waals surface area contributed by atoms with E-state index in [9.17, 15) is 9.59 Å². The van der Waals surface area contributed by atoms with Crippen molar-refractivity contribution < 1.29 is 14.3 Å². The van der Waals surface area contributed by atoms with Crippen LogP contribution in [0.15, 0.2) is 47.7 Å². The zero-order chi connectivity index (χ0) is 22.4. The molecule has 5 rings (SSSR count). The molecule has 0 aliphatic carbocycles. The van der Waals surface area contributed by atoms with Crippen molar-refractivity contribution in [2.75, 3.05) is 6.61 Å². The quantitative estimate of drug-likeness (QED) is 0.448. The SMILES string of the molecule is Cc1cc(C(=O)Cn2cnc3c(cnn3C)c2=O)c(C)n1CC1COc2ccccc2O1. The number of hydrogen-bond donors (Lipinski definition) is 0. The molecule has 32 heavy (non-hydrogen) atoms. The zero-order valence-corrected chi connectivity index (χ0v) is 18.1. The lowest BCUT2D eigenvalue weighted by Gasteiger charge is -2.27. The van der Waals surface area contributed by atoms with Gasteiger partial charge in [0.1, 0.15) is 18.3 Å². The van der Waals surface area contributed by atoms with Crippen molar-refractivity contribution in [1.82, 2.24) is 23.9 Å². The average Bonchev–Trinajstić information content (AvgIpc) is 3.30. The molecule has 9 heteroatoms. The largest absolute Gasteiger partial charge is 0.486 e. The number of rotatable bonds is 5. The highest BCUT2D eigenvalue weighted by Gasteiger charge is 2.24. The summed E-state index contributed by atoms with van der Waals surface area (Å²) in [6.45, 7) is 4.77. The van der Waals surface area contributed by atoms with Gasteiger partial charge in [0, 0.05) is 24.0 Å². The molecule has 0 amide bonds. The highest BCUT2D eigenvalue weighted by atomic mass is 16.6. The Morgan fingerprint density at radius 3 is 2.81 bits per heavy atom. The maximum Gasteiger partial charge on any atom is 0.264 e. The first kappa shape index (κ1) is 20.0. The molecular formula is C23H23N5O4. The summed E-state index contributed by atoms with van der Waals surface area (Å²) in [6.07, 6.45) is 2.70. The molecule has 4 heterocycles. The van der Waals surface area contributed by atoms with Crippen molar-refractivity contribution in [2.45, 2.75) is 33.0 Å². The van der Waals surface area contributed by atoms with Gasteiger partial charge in [-0.1, -0.05) is 12.1 Å². The van der Waals surface area contributed by atoms with Crippen LogP contribution in [0.5, 0.6) is 11.5 Å². The third-order valence-corrected chi connectivity index (χ3v) is 5.86. The monoisotopic (exact) mass is 433 g/mol. The molecule has 4 aromatic rings. The van der Waals surface area contributed by atoms with Crippen LogP contribution in [0.2, 0.25) is 0 Å². The van der Waals surface area contributed by atoms with Gasteiger partial charge in [0.2, 0.25) is 0 Å². The van der Waals surface area contributed by atoms with Crippen LogP contribution < -0.4 is 15.0 Å². The van der Waals surface area contributed by atoms with Crippen molar-refractivity contribution in [2.24, 2.45) is 7.05 Å². The number of Topliss-reactive ketones (excluding diaryl/α,β-unsaturated/α-hetero) is 1. The standard InChI is InChI=1S/C23H23N5O4/c1-14-8-17(19(29)11-27-13-24-22-18(23(27)30)9-25-26(22)3)15(2)28(14)10-16-12-31-20-6-4-5-7-21(20)32-16/h4-9,13,16H,10-12H2,1-3H3. The van der Waals surface area contributed by atoms with Crippen LogP contribution >= 0.6 is 0 Å². The third kappa shape index (κ3) is 3.35. The van der Waals surface area contributed by atoms with Gasteiger partial charge in [-0.2, -0.15) is 5.10 Å². The molecule has 1 aliphatic heterocycles. The fraction of sp³-hybridized carbons (Fsp3) is 0.304. The Morgan fingerprint density at radius 2 is 2.00 bits per heavy atom. The van der Waals surface area contributed by atoms with E-state index in [-0.39, 0.29) is 24.0 Å². The van der Waals surface area contributed by atoms with E-state index in [1.807, 2.05) is 44.2 Å². The lowest BCUT2D eigenvalue weighted by Crippen LogP contribution is -2.33. The molecule has 1 atom stereocenters. The first-order valence-corrected chi connectivity index (χ1v) is 10.4. The van der Waals surface area contributed by atoms with Crippen LogP contribution in [0.1, 0.15) is 21.7 Å². The lowest BCUT2D eigenvalue weighted by atomic mass is 10.1. The van der Waals surface area contributed by atoms with Crippen molar-refractivity contribution in [1.29, 1.82) is 0 Å². The third-order valence-electron chi connectivity index (χ3n) is 5.86. The highest BCUT2D eigenvalue weighted by Crippen LogP contribution is 2.31. The molecular weight excluding hydrogens is 410 g/mol. The molecule has 0 bridgehead atoms. The van der Waals surface area contributed by atoms with Gasteiger partial charge < -0.3 is 14.0 Å². The second-order valence-corrected chi connectivity index (χ2v) is 8.00. The van der Waals surface area contributed by atoms with E-state index in [1.165, 1.54) is 21.8 Å². The van der Waals surface area contributed by atoms with Crippen LogP contribution in [0.3, 0.4) is 0 Å². The maximum absolute atomic E-state index is 13.1. The van der Waals surface area contributed by atoms with E-state index in [1.54, 1.807) is 7.05 Å². The summed E-state index contributed by atoms with van der Waals surface area (Å²) in [5.74, 6) is 1.31. The lowest BCUT2D eigenvalue weighted by molar-refractivity contribution is 0.0777. The number of hydrogen-bond acceptors (Lipinski definition) is 6. The summed E-state index contributed by atoms with van der Waals surface area (Å²) in [5, 5.41) is 4.46. The number of aromatic nitrogens is 5. The zero-order valence-electron chi connectivity index (χ0n) is 18.1. The Morgan fingerprint density at radius 1 is 1.22 bits per heavy atom. The predicted molar refractivity (Wildman–Crippen MR) is 117 cm³/mol. The molecule has 1 aliphatic rings. The minimum Gasteiger partial charge on any atom is -0.486 e. The second-order valence-electron chi connectivity index (χ2n) is 8.00. The summed E-state index contributed by atoms with van der Waals surface area (Å²) in [5.41, 5.74) is 2.57. The number of carbonyl (C=O) groups excluding carboxylic acids is 1. The minimum absolute atomic E-state index is 0.0859. The van der Waals surface area contributed by atoms with Gasteiger partial charge in [0.25, 0.3) is 5.56 Å². The Labute approximate surface area is 183 Å². The van der Waals surface area contributed by atoms with Crippen molar-refractivity contribution >= 4 is 16.8 Å². The molecule has 0 fully saturated rings. The summed E-state index contributed by atoms with van der Waals surface area (Å²) < 4.78 is 16.8. The van der Waals surface area contributed by atoms with Crippen molar-refractivity contribution in [3.8, 4) is 11.5 Å². The molecule has 1 aromatic carbocycles. The van der Waals surface area contributed by atoms with Crippen LogP contribution in [0.25, 0.3) is 11.0 Å². The van der Waals surface area contributed by atoms with Gasteiger partial charge in [0.15, 0.2) is 29.0 Å². The first-order chi connectivity index (χ1) is 15.4. The number of ether oxygens (including phenoxy) is 2. The number of para-hydroxylation sites is 2. The number of benzene rings is 1. The second kappa shape index (κ2) is 7.67. The van der Waals surface area contributed by atoms with Crippen LogP contribution in [-0.4, -0.2) is 42.4 Å². The summed E-state index contributed by atoms with van der Waals surface area (Å²) >= 11 is 0. The van der Waals surface area contributed by atoms with Gasteiger partial charge in [-0.15, -0.1) is 0 Å². The molecule has 0 saturated heterocycles. The van der Waals surface area contributed by atoms with Gasteiger partial charge in [0.05, 0.1) is 19.3 Å². The smallest absolute Gasteiger partial charge is 0.264 e. The normalized spacial score (nSPS) is 15.3.